The number of nitrogens with one attached hydrogen (secondary N) is 1. The average Bonchev–Trinajstić information content (AvgIpc) is 3.10. The number of hydrogen-bond acceptors (Lipinski definition) is 3. The molecule has 0 aliphatic heterocycles. The highest BCUT2D eigenvalue weighted by atomic mass is 19.1. The number of halogens is 1. The van der Waals surface area contributed by atoms with Crippen LogP contribution >= 0.6 is 0 Å². The van der Waals surface area contributed by atoms with E-state index in [-0.39, 0.29) is 5.69 Å². The van der Waals surface area contributed by atoms with E-state index in [4.69, 9.17) is 0 Å². The van der Waals surface area contributed by atoms with E-state index >= 15 is 0 Å². The molecule has 0 bridgehead atoms. The highest BCUT2D eigenvalue weighted by Crippen LogP contribution is 2.14. The first-order chi connectivity index (χ1) is 12.0. The van der Waals surface area contributed by atoms with Gasteiger partial charge in [-0.05, 0) is 29.8 Å². The average molecular weight is 339 g/mol. The van der Waals surface area contributed by atoms with E-state index in [9.17, 15) is 19.1 Å². The predicted octanol–water partition coefficient (Wildman–Crippen LogP) is 2.57. The second-order valence-electron chi connectivity index (χ2n) is 5.28. The van der Waals surface area contributed by atoms with E-state index in [1.807, 2.05) is 0 Å². The molecule has 0 saturated carbocycles. The fourth-order valence-corrected chi connectivity index (χ4v) is 2.35. The number of rotatable bonds is 5. The summed E-state index contributed by atoms with van der Waals surface area (Å²) in [5, 5.41) is 15.9. The van der Waals surface area contributed by atoms with Crippen molar-refractivity contribution < 1.29 is 19.1 Å². The summed E-state index contributed by atoms with van der Waals surface area (Å²) in [6.45, 7) is 0. The molecule has 1 aromatic heterocycles. The van der Waals surface area contributed by atoms with E-state index in [2.05, 4.69) is 10.4 Å². The molecule has 1 atom stereocenters. The van der Waals surface area contributed by atoms with Crippen LogP contribution in [0.4, 0.5) is 4.39 Å². The number of hydrogen-bond donors (Lipinski definition) is 2. The molecule has 6 nitrogen and oxygen atoms in total. The van der Waals surface area contributed by atoms with Crippen molar-refractivity contribution in [3.05, 3.63) is 83.9 Å². The van der Waals surface area contributed by atoms with Crippen LogP contribution in [0.2, 0.25) is 0 Å². The number of amides is 1. The van der Waals surface area contributed by atoms with Crippen LogP contribution in [0.15, 0.2) is 66.9 Å². The summed E-state index contributed by atoms with van der Waals surface area (Å²) in [5.41, 5.74) is 0.941. The van der Waals surface area contributed by atoms with Gasteiger partial charge in [0.25, 0.3) is 5.91 Å². The Bertz CT molecular complexity index is 909. The first-order valence-electron chi connectivity index (χ1n) is 7.45. The summed E-state index contributed by atoms with van der Waals surface area (Å²) in [4.78, 5) is 23.8. The summed E-state index contributed by atoms with van der Waals surface area (Å²) in [7, 11) is 0. The summed E-state index contributed by atoms with van der Waals surface area (Å²) in [6, 6.07) is 14.4. The number of aromatic nitrogens is 2. The fourth-order valence-electron chi connectivity index (χ4n) is 2.35. The lowest BCUT2D eigenvalue weighted by Crippen LogP contribution is -2.34. The van der Waals surface area contributed by atoms with Gasteiger partial charge in [-0.25, -0.2) is 13.9 Å². The lowest BCUT2D eigenvalue weighted by atomic mass is 10.1. The van der Waals surface area contributed by atoms with Crippen LogP contribution in [-0.4, -0.2) is 26.8 Å². The quantitative estimate of drug-likeness (QED) is 0.748. The van der Waals surface area contributed by atoms with Crippen LogP contribution in [0.5, 0.6) is 0 Å². The van der Waals surface area contributed by atoms with Gasteiger partial charge in [-0.1, -0.05) is 36.4 Å². The topological polar surface area (TPSA) is 84.2 Å². The van der Waals surface area contributed by atoms with Gasteiger partial charge in [0, 0.05) is 6.20 Å². The minimum atomic E-state index is -1.19. The van der Waals surface area contributed by atoms with E-state index < -0.39 is 23.7 Å². The molecular formula is C18H14FN3O3. The van der Waals surface area contributed by atoms with Crippen LogP contribution in [0.25, 0.3) is 5.69 Å². The minimum absolute atomic E-state index is 0.0337. The normalized spacial score (nSPS) is 11.7. The largest absolute Gasteiger partial charge is 0.479 e. The van der Waals surface area contributed by atoms with Crippen LogP contribution in [0.1, 0.15) is 22.1 Å². The Morgan fingerprint density at radius 2 is 1.84 bits per heavy atom. The third kappa shape index (κ3) is 3.72. The number of carbonyl (C=O) groups is 2. The maximum atomic E-state index is 13.3. The summed E-state index contributed by atoms with van der Waals surface area (Å²) in [5.74, 6) is -2.23. The monoisotopic (exact) mass is 339 g/mol. The lowest BCUT2D eigenvalue weighted by molar-refractivity contribution is -0.139. The molecule has 3 rings (SSSR count). The van der Waals surface area contributed by atoms with Gasteiger partial charge in [0.1, 0.15) is 5.82 Å². The molecule has 1 heterocycles. The molecule has 25 heavy (non-hydrogen) atoms. The number of aliphatic carboxylic acids is 1. The highest BCUT2D eigenvalue weighted by molar-refractivity contribution is 5.95. The van der Waals surface area contributed by atoms with Crippen LogP contribution < -0.4 is 5.32 Å². The van der Waals surface area contributed by atoms with Crippen LogP contribution in [-0.2, 0) is 4.79 Å². The molecule has 3 aromatic rings. The zero-order valence-electron chi connectivity index (χ0n) is 13.0. The van der Waals surface area contributed by atoms with Gasteiger partial charge < -0.3 is 10.4 Å². The minimum Gasteiger partial charge on any atom is -0.479 e. The molecular weight excluding hydrogens is 325 g/mol. The van der Waals surface area contributed by atoms with Crippen molar-refractivity contribution in [1.29, 1.82) is 0 Å². The van der Waals surface area contributed by atoms with Crippen molar-refractivity contribution in [2.45, 2.75) is 6.04 Å². The first-order valence-corrected chi connectivity index (χ1v) is 7.45. The van der Waals surface area contributed by atoms with Gasteiger partial charge in [-0.15, -0.1) is 0 Å². The third-order valence-electron chi connectivity index (χ3n) is 3.55. The second kappa shape index (κ2) is 6.96. The van der Waals surface area contributed by atoms with E-state index in [1.165, 1.54) is 35.1 Å². The highest BCUT2D eigenvalue weighted by Gasteiger charge is 2.23. The van der Waals surface area contributed by atoms with Gasteiger partial charge in [0.05, 0.1) is 5.69 Å². The number of carboxylic acids is 1. The number of nitrogens with zero attached hydrogens (tertiary/aromatic N) is 2. The molecule has 7 heteroatoms. The molecule has 1 amide bonds. The SMILES string of the molecule is O=C(NC(C(=O)O)c1ccccc1)c1ccn(-c2cccc(F)c2)n1. The zero-order valence-corrected chi connectivity index (χ0v) is 13.0. The van der Waals surface area contributed by atoms with Gasteiger partial charge in [0.15, 0.2) is 11.7 Å². The molecule has 126 valence electrons. The van der Waals surface area contributed by atoms with Gasteiger partial charge >= 0.3 is 5.97 Å². The first kappa shape index (κ1) is 16.4. The Morgan fingerprint density at radius 1 is 1.08 bits per heavy atom. The molecule has 0 aliphatic carbocycles. The van der Waals surface area contributed by atoms with E-state index in [0.29, 0.717) is 11.3 Å². The van der Waals surface area contributed by atoms with Gasteiger partial charge in [0.2, 0.25) is 0 Å². The maximum Gasteiger partial charge on any atom is 0.330 e. The summed E-state index contributed by atoms with van der Waals surface area (Å²) >= 11 is 0. The standard InChI is InChI=1S/C18H14FN3O3/c19-13-7-4-8-14(11-13)22-10-9-15(21-22)17(23)20-16(18(24)25)12-5-2-1-3-6-12/h1-11,16H,(H,20,23)(H,24,25). The Kier molecular flexibility index (Phi) is 4.56. The Balaban J connectivity index is 1.80. The molecule has 0 spiro atoms. The molecule has 0 aliphatic rings. The molecule has 1 unspecified atom stereocenters. The van der Waals surface area contributed by atoms with Crippen molar-refractivity contribution in [2.24, 2.45) is 0 Å². The Morgan fingerprint density at radius 3 is 2.52 bits per heavy atom. The van der Waals surface area contributed by atoms with Crippen molar-refractivity contribution in [3.8, 4) is 5.69 Å². The lowest BCUT2D eigenvalue weighted by Gasteiger charge is -2.13. The van der Waals surface area contributed by atoms with Crippen LogP contribution in [0, 0.1) is 5.82 Å². The third-order valence-corrected chi connectivity index (χ3v) is 3.55. The molecule has 2 aromatic carbocycles. The number of benzene rings is 2. The number of carboxylic acid groups (broad SMARTS) is 1. The molecule has 0 fully saturated rings. The van der Waals surface area contributed by atoms with Gasteiger partial charge in [-0.3, -0.25) is 4.79 Å². The Labute approximate surface area is 142 Å². The van der Waals surface area contributed by atoms with Crippen molar-refractivity contribution in [3.63, 3.8) is 0 Å². The molecule has 0 radical (unpaired) electrons. The zero-order chi connectivity index (χ0) is 17.8. The van der Waals surface area contributed by atoms with E-state index in [1.54, 1.807) is 36.4 Å². The number of carbonyl (C=O) groups excluding carboxylic acids is 1. The second-order valence-corrected chi connectivity index (χ2v) is 5.28. The van der Waals surface area contributed by atoms with Crippen molar-refractivity contribution in [2.75, 3.05) is 0 Å². The van der Waals surface area contributed by atoms with Crippen molar-refractivity contribution in [1.82, 2.24) is 15.1 Å². The smallest absolute Gasteiger partial charge is 0.330 e. The fraction of sp³-hybridized carbons (Fsp3) is 0.0556. The van der Waals surface area contributed by atoms with Gasteiger partial charge in [-0.2, -0.15) is 5.10 Å². The van der Waals surface area contributed by atoms with Crippen molar-refractivity contribution >= 4 is 11.9 Å². The summed E-state index contributed by atoms with van der Waals surface area (Å²) < 4.78 is 14.6. The molecule has 0 saturated heterocycles. The van der Waals surface area contributed by atoms with Crippen LogP contribution in [0.3, 0.4) is 0 Å². The maximum absolute atomic E-state index is 13.3. The molecule has 2 N–H and O–H groups in total. The Hall–Kier alpha value is -3.48. The summed E-state index contributed by atoms with van der Waals surface area (Å²) in [6.07, 6.45) is 1.50. The van der Waals surface area contributed by atoms with E-state index in [0.717, 1.165) is 0 Å². The predicted molar refractivity (Wildman–Crippen MR) is 87.8 cm³/mol.